The summed E-state index contributed by atoms with van der Waals surface area (Å²) in [6.45, 7) is 5.76. The zero-order valence-corrected chi connectivity index (χ0v) is 17.2. The van der Waals surface area contributed by atoms with Crippen LogP contribution in [0.1, 0.15) is 30.0 Å². The highest BCUT2D eigenvalue weighted by molar-refractivity contribution is 7.89. The van der Waals surface area contributed by atoms with Gasteiger partial charge in [-0.25, -0.2) is 18.1 Å². The first kappa shape index (κ1) is 20.7. The summed E-state index contributed by atoms with van der Waals surface area (Å²) < 4.78 is 27.8. The summed E-state index contributed by atoms with van der Waals surface area (Å²) in [5, 5.41) is 0.372. The van der Waals surface area contributed by atoms with Crippen LogP contribution in [0.4, 0.5) is 0 Å². The Labute approximate surface area is 168 Å². The normalized spacial score (nSPS) is 11.7. The number of hydrogen-bond acceptors (Lipinski definition) is 5. The number of aromatic nitrogens is 2. The van der Waals surface area contributed by atoms with Crippen molar-refractivity contribution in [3.05, 3.63) is 70.3 Å². The number of amides is 1. The maximum Gasteiger partial charge on any atom is 0.280 e. The summed E-state index contributed by atoms with van der Waals surface area (Å²) >= 11 is 0. The molecule has 0 atom stereocenters. The molecule has 3 rings (SSSR count). The number of benzene rings is 2. The topological polar surface area (TPSA) is 101 Å². The zero-order chi connectivity index (χ0) is 21.2. The third-order valence-corrected chi connectivity index (χ3v) is 6.64. The highest BCUT2D eigenvalue weighted by atomic mass is 32.2. The molecule has 1 N–H and O–H groups in total. The number of fused-ring (bicyclic) bond motifs is 1. The lowest BCUT2D eigenvalue weighted by molar-refractivity contribution is 0.101. The van der Waals surface area contributed by atoms with Crippen LogP contribution in [0.3, 0.4) is 0 Å². The van der Waals surface area contributed by atoms with Gasteiger partial charge in [0.1, 0.15) is 5.82 Å². The standard InChI is InChI=1S/C20H22N4O4S/c1-4-23(5-2)29(27,28)16-10-8-9-15(13-16)19(25)22-24-14(3)21-18-12-7-6-11-17(18)20(24)26/h6-13H,4-5H2,1-3H3,(H,22,25). The molecule has 0 radical (unpaired) electrons. The number of aryl methyl sites for hydroxylation is 1. The van der Waals surface area contributed by atoms with Gasteiger partial charge in [0.2, 0.25) is 10.0 Å². The smallest absolute Gasteiger partial charge is 0.267 e. The predicted octanol–water partition coefficient (Wildman–Crippen LogP) is 2.12. The Morgan fingerprint density at radius 3 is 2.48 bits per heavy atom. The van der Waals surface area contributed by atoms with Crippen molar-refractivity contribution in [2.24, 2.45) is 0 Å². The third kappa shape index (κ3) is 3.92. The molecule has 0 bridgehead atoms. The summed E-state index contributed by atoms with van der Waals surface area (Å²) in [4.78, 5) is 29.8. The molecule has 0 aliphatic heterocycles. The van der Waals surface area contributed by atoms with E-state index < -0.39 is 21.5 Å². The molecule has 2 aromatic carbocycles. The minimum absolute atomic E-state index is 0.0227. The Morgan fingerprint density at radius 1 is 1.10 bits per heavy atom. The van der Waals surface area contributed by atoms with E-state index in [2.05, 4.69) is 10.4 Å². The Hall–Kier alpha value is -3.04. The van der Waals surface area contributed by atoms with Crippen LogP contribution in [-0.2, 0) is 10.0 Å². The van der Waals surface area contributed by atoms with E-state index in [-0.39, 0.29) is 10.5 Å². The summed E-state index contributed by atoms with van der Waals surface area (Å²) in [6.07, 6.45) is 0. The van der Waals surface area contributed by atoms with E-state index in [0.29, 0.717) is 29.8 Å². The molecule has 8 nitrogen and oxygen atoms in total. The fourth-order valence-electron chi connectivity index (χ4n) is 3.05. The van der Waals surface area contributed by atoms with Crippen LogP contribution >= 0.6 is 0 Å². The predicted molar refractivity (Wildman–Crippen MR) is 111 cm³/mol. The molecule has 9 heteroatoms. The van der Waals surface area contributed by atoms with Crippen LogP contribution in [0.5, 0.6) is 0 Å². The van der Waals surface area contributed by atoms with Crippen molar-refractivity contribution < 1.29 is 13.2 Å². The van der Waals surface area contributed by atoms with Gasteiger partial charge in [-0.1, -0.05) is 32.0 Å². The Bertz CT molecular complexity index is 1230. The van der Waals surface area contributed by atoms with Crippen molar-refractivity contribution in [2.45, 2.75) is 25.7 Å². The molecule has 0 fully saturated rings. The Kier molecular flexibility index (Phi) is 5.81. The fourth-order valence-corrected chi connectivity index (χ4v) is 4.56. The number of para-hydroxylation sites is 1. The summed E-state index contributed by atoms with van der Waals surface area (Å²) in [6, 6.07) is 12.6. The van der Waals surface area contributed by atoms with Gasteiger partial charge in [-0.05, 0) is 37.3 Å². The maximum atomic E-state index is 12.7. The van der Waals surface area contributed by atoms with E-state index in [0.717, 1.165) is 4.68 Å². The second-order valence-corrected chi connectivity index (χ2v) is 8.31. The van der Waals surface area contributed by atoms with Crippen LogP contribution in [0.25, 0.3) is 10.9 Å². The highest BCUT2D eigenvalue weighted by Gasteiger charge is 2.23. The molecular weight excluding hydrogens is 392 g/mol. The van der Waals surface area contributed by atoms with E-state index in [9.17, 15) is 18.0 Å². The van der Waals surface area contributed by atoms with Gasteiger partial charge in [0.05, 0.1) is 15.8 Å². The van der Waals surface area contributed by atoms with E-state index >= 15 is 0 Å². The van der Waals surface area contributed by atoms with Crippen molar-refractivity contribution in [1.82, 2.24) is 14.0 Å². The van der Waals surface area contributed by atoms with Gasteiger partial charge in [-0.3, -0.25) is 15.0 Å². The molecular formula is C20H22N4O4S. The zero-order valence-electron chi connectivity index (χ0n) is 16.4. The molecule has 1 aromatic heterocycles. The molecule has 3 aromatic rings. The minimum atomic E-state index is -3.70. The number of sulfonamides is 1. The van der Waals surface area contributed by atoms with Crippen molar-refractivity contribution in [2.75, 3.05) is 18.5 Å². The molecule has 0 saturated heterocycles. The second kappa shape index (κ2) is 8.14. The monoisotopic (exact) mass is 414 g/mol. The first-order chi connectivity index (χ1) is 13.8. The van der Waals surface area contributed by atoms with Crippen LogP contribution in [0.2, 0.25) is 0 Å². The quantitative estimate of drug-likeness (QED) is 0.666. The number of nitrogens with zero attached hydrogens (tertiary/aromatic N) is 3. The van der Waals surface area contributed by atoms with Crippen LogP contribution < -0.4 is 11.0 Å². The number of nitrogens with one attached hydrogen (secondary N) is 1. The molecule has 0 saturated carbocycles. The lowest BCUT2D eigenvalue weighted by Crippen LogP contribution is -2.35. The van der Waals surface area contributed by atoms with Crippen molar-refractivity contribution >= 4 is 26.8 Å². The Balaban J connectivity index is 1.97. The van der Waals surface area contributed by atoms with Gasteiger partial charge in [-0.15, -0.1) is 0 Å². The number of rotatable bonds is 6. The molecule has 1 heterocycles. The van der Waals surface area contributed by atoms with Gasteiger partial charge in [0.25, 0.3) is 11.5 Å². The molecule has 152 valence electrons. The van der Waals surface area contributed by atoms with Crippen LogP contribution in [0, 0.1) is 6.92 Å². The number of carbonyl (C=O) groups is 1. The lowest BCUT2D eigenvalue weighted by Gasteiger charge is -2.19. The molecule has 0 unspecified atom stereocenters. The maximum absolute atomic E-state index is 12.7. The van der Waals surface area contributed by atoms with Gasteiger partial charge < -0.3 is 0 Å². The number of hydrogen-bond donors (Lipinski definition) is 1. The second-order valence-electron chi connectivity index (χ2n) is 6.37. The van der Waals surface area contributed by atoms with Crippen LogP contribution in [0.15, 0.2) is 58.2 Å². The highest BCUT2D eigenvalue weighted by Crippen LogP contribution is 2.17. The third-order valence-electron chi connectivity index (χ3n) is 4.60. The van der Waals surface area contributed by atoms with Crippen molar-refractivity contribution in [3.63, 3.8) is 0 Å². The largest absolute Gasteiger partial charge is 0.280 e. The number of carbonyl (C=O) groups excluding carboxylic acids is 1. The molecule has 29 heavy (non-hydrogen) atoms. The minimum Gasteiger partial charge on any atom is -0.267 e. The van der Waals surface area contributed by atoms with Gasteiger partial charge in [0.15, 0.2) is 0 Å². The molecule has 0 aliphatic rings. The van der Waals surface area contributed by atoms with E-state index in [1.807, 2.05) is 0 Å². The summed E-state index contributed by atoms with van der Waals surface area (Å²) in [5.74, 6) is -0.294. The Morgan fingerprint density at radius 2 is 1.79 bits per heavy atom. The van der Waals surface area contributed by atoms with E-state index in [1.54, 1.807) is 45.0 Å². The SMILES string of the molecule is CCN(CC)S(=O)(=O)c1cccc(C(=O)Nn2c(C)nc3ccccc3c2=O)c1. The first-order valence-electron chi connectivity index (χ1n) is 9.19. The lowest BCUT2D eigenvalue weighted by atomic mass is 10.2. The van der Waals surface area contributed by atoms with Crippen molar-refractivity contribution in [1.29, 1.82) is 0 Å². The van der Waals surface area contributed by atoms with Crippen LogP contribution in [-0.4, -0.2) is 41.4 Å². The average molecular weight is 414 g/mol. The van der Waals surface area contributed by atoms with Gasteiger partial charge in [0, 0.05) is 18.7 Å². The van der Waals surface area contributed by atoms with Crippen molar-refractivity contribution in [3.8, 4) is 0 Å². The fraction of sp³-hybridized carbons (Fsp3) is 0.250. The molecule has 0 spiro atoms. The average Bonchev–Trinajstić information content (AvgIpc) is 2.71. The first-order valence-corrected chi connectivity index (χ1v) is 10.6. The van der Waals surface area contributed by atoms with E-state index in [4.69, 9.17) is 0 Å². The van der Waals surface area contributed by atoms with Gasteiger partial charge >= 0.3 is 0 Å². The van der Waals surface area contributed by atoms with Gasteiger partial charge in [-0.2, -0.15) is 4.31 Å². The summed E-state index contributed by atoms with van der Waals surface area (Å²) in [7, 11) is -3.70. The molecule has 0 aliphatic carbocycles. The molecule has 1 amide bonds. The summed E-state index contributed by atoms with van der Waals surface area (Å²) in [5.41, 5.74) is 2.77. The van der Waals surface area contributed by atoms with E-state index in [1.165, 1.54) is 28.6 Å².